The summed E-state index contributed by atoms with van der Waals surface area (Å²) in [5.74, 6) is 0.640. The molecule has 1 aliphatic heterocycles. The quantitative estimate of drug-likeness (QED) is 0.246. The van der Waals surface area contributed by atoms with Crippen molar-refractivity contribution in [3.8, 4) is 5.69 Å². The Bertz CT molecular complexity index is 1660. The first kappa shape index (κ1) is 22.5. The van der Waals surface area contributed by atoms with E-state index in [9.17, 15) is 9.59 Å². The number of carbonyl (C=O) groups excluding carboxylic acids is 1. The van der Waals surface area contributed by atoms with Crippen LogP contribution in [0.25, 0.3) is 21.7 Å². The molecular weight excluding hydrogens is 502 g/mol. The summed E-state index contributed by atoms with van der Waals surface area (Å²) in [5.41, 5.74) is 2.26. The first-order valence-electron chi connectivity index (χ1n) is 11.1. The minimum atomic E-state index is -0.124. The lowest BCUT2D eigenvalue weighted by Gasteiger charge is -2.21. The van der Waals surface area contributed by atoms with Gasteiger partial charge in [0.25, 0.3) is 5.56 Å². The second-order valence-corrected chi connectivity index (χ2v) is 11.0. The van der Waals surface area contributed by atoms with Crippen LogP contribution in [0, 0.1) is 0 Å². The zero-order chi connectivity index (χ0) is 24.1. The van der Waals surface area contributed by atoms with Gasteiger partial charge < -0.3 is 4.90 Å². The minimum Gasteiger partial charge on any atom is -0.301 e. The second kappa shape index (κ2) is 8.91. The largest absolute Gasteiger partial charge is 0.301 e. The van der Waals surface area contributed by atoms with Crippen LogP contribution in [-0.4, -0.2) is 49.2 Å². The van der Waals surface area contributed by atoms with Crippen molar-refractivity contribution in [2.75, 3.05) is 19.3 Å². The number of rotatable bonds is 5. The SMILES string of the molecule is CN1CCc2c(sc3c2c(=O)n(-c2cccc(Cl)c2)c2nnc(SCC(=O)c4ccccc4)n32)C1. The van der Waals surface area contributed by atoms with Crippen LogP contribution in [0.15, 0.2) is 64.5 Å². The summed E-state index contributed by atoms with van der Waals surface area (Å²) in [7, 11) is 2.09. The lowest BCUT2D eigenvalue weighted by molar-refractivity contribution is 0.102. The van der Waals surface area contributed by atoms with Crippen molar-refractivity contribution < 1.29 is 4.79 Å². The van der Waals surface area contributed by atoms with Crippen molar-refractivity contribution in [3.05, 3.63) is 86.0 Å². The molecule has 0 spiro atoms. The molecule has 0 atom stereocenters. The first-order chi connectivity index (χ1) is 17.0. The first-order valence-corrected chi connectivity index (χ1v) is 13.3. The number of likely N-dealkylation sites (N-methyl/N-ethyl adjacent to an activating group) is 1. The third-order valence-corrected chi connectivity index (χ3v) is 8.53. The van der Waals surface area contributed by atoms with Crippen molar-refractivity contribution in [1.82, 2.24) is 24.1 Å². The maximum atomic E-state index is 13.9. The van der Waals surface area contributed by atoms with Crippen molar-refractivity contribution in [2.24, 2.45) is 0 Å². The van der Waals surface area contributed by atoms with Crippen LogP contribution in [0.3, 0.4) is 0 Å². The van der Waals surface area contributed by atoms with Gasteiger partial charge in [-0.3, -0.25) is 9.59 Å². The lowest BCUT2D eigenvalue weighted by atomic mass is 10.1. The topological polar surface area (TPSA) is 72.5 Å². The van der Waals surface area contributed by atoms with Gasteiger partial charge in [0.2, 0.25) is 5.78 Å². The molecule has 0 unspecified atom stereocenters. The molecule has 3 aromatic heterocycles. The van der Waals surface area contributed by atoms with Gasteiger partial charge in [-0.2, -0.15) is 0 Å². The van der Waals surface area contributed by atoms with Crippen molar-refractivity contribution in [1.29, 1.82) is 0 Å². The van der Waals surface area contributed by atoms with E-state index in [0.717, 1.165) is 29.9 Å². The number of carbonyl (C=O) groups is 1. The van der Waals surface area contributed by atoms with E-state index < -0.39 is 0 Å². The van der Waals surface area contributed by atoms with Gasteiger partial charge in [-0.05, 0) is 37.2 Å². The molecule has 10 heteroatoms. The number of hydrogen-bond acceptors (Lipinski definition) is 7. The lowest BCUT2D eigenvalue weighted by Crippen LogP contribution is -2.27. The van der Waals surface area contributed by atoms with Crippen molar-refractivity contribution in [3.63, 3.8) is 0 Å². The van der Waals surface area contributed by atoms with Crippen LogP contribution in [0.4, 0.5) is 0 Å². The number of ketones is 1. The number of benzene rings is 2. The normalized spacial score (nSPS) is 14.0. The van der Waals surface area contributed by atoms with Crippen LogP contribution >= 0.6 is 34.7 Å². The summed E-state index contributed by atoms with van der Waals surface area (Å²) >= 11 is 9.21. The fourth-order valence-corrected chi connectivity index (χ4v) is 6.95. The van der Waals surface area contributed by atoms with E-state index in [2.05, 4.69) is 22.1 Å². The molecule has 1 aliphatic rings. The van der Waals surface area contributed by atoms with Gasteiger partial charge in [-0.25, -0.2) is 8.97 Å². The van der Waals surface area contributed by atoms with E-state index in [1.54, 1.807) is 28.0 Å². The number of aromatic nitrogens is 4. The van der Waals surface area contributed by atoms with Gasteiger partial charge in [0.05, 0.1) is 16.8 Å². The number of Topliss-reactive ketones (excluding diaryl/α,β-unsaturated/α-hetero) is 1. The number of halogens is 1. The number of fused-ring (bicyclic) bond motifs is 5. The van der Waals surface area contributed by atoms with Crippen molar-refractivity contribution >= 4 is 56.5 Å². The van der Waals surface area contributed by atoms with Gasteiger partial charge in [-0.15, -0.1) is 21.5 Å². The molecule has 0 amide bonds. The molecule has 4 heterocycles. The number of hydrogen-bond donors (Lipinski definition) is 0. The molecule has 6 rings (SSSR count). The highest BCUT2D eigenvalue weighted by atomic mass is 35.5. The molecule has 0 aliphatic carbocycles. The zero-order valence-electron chi connectivity index (χ0n) is 18.8. The maximum absolute atomic E-state index is 13.9. The van der Waals surface area contributed by atoms with E-state index in [-0.39, 0.29) is 17.1 Å². The molecule has 0 saturated heterocycles. The fraction of sp³-hybridized carbons (Fsp3) is 0.200. The molecule has 0 bridgehead atoms. The molecule has 0 saturated carbocycles. The standard InChI is InChI=1S/C25H20ClN5O2S2/c1-29-11-10-18-20(13-29)35-23-21(18)22(33)30(17-9-5-8-16(26)12-17)24-27-28-25(31(23)24)34-14-19(32)15-6-3-2-4-7-15/h2-9,12H,10-11,13-14H2,1H3. The van der Waals surface area contributed by atoms with Crippen LogP contribution < -0.4 is 5.56 Å². The Hall–Kier alpha value is -2.98. The van der Waals surface area contributed by atoms with E-state index in [1.807, 2.05) is 46.9 Å². The highest BCUT2D eigenvalue weighted by Crippen LogP contribution is 2.35. The van der Waals surface area contributed by atoms with Gasteiger partial charge in [0.1, 0.15) is 4.83 Å². The Balaban J connectivity index is 1.55. The Labute approximate surface area is 214 Å². The average Bonchev–Trinajstić information content (AvgIpc) is 3.44. The Morgan fingerprint density at radius 3 is 2.77 bits per heavy atom. The number of thiophene rings is 1. The molecule has 5 aromatic rings. The number of thioether (sulfide) groups is 1. The van der Waals surface area contributed by atoms with Gasteiger partial charge in [0.15, 0.2) is 10.9 Å². The van der Waals surface area contributed by atoms with E-state index in [1.165, 1.54) is 16.6 Å². The van der Waals surface area contributed by atoms with E-state index in [0.29, 0.717) is 32.6 Å². The molecule has 0 fully saturated rings. The molecule has 7 nitrogen and oxygen atoms in total. The smallest absolute Gasteiger partial charge is 0.268 e. The highest BCUT2D eigenvalue weighted by molar-refractivity contribution is 7.99. The summed E-state index contributed by atoms with van der Waals surface area (Å²) in [6.07, 6.45) is 0.805. The van der Waals surface area contributed by atoms with Crippen LogP contribution in [-0.2, 0) is 13.0 Å². The van der Waals surface area contributed by atoms with Crippen molar-refractivity contribution in [2.45, 2.75) is 18.1 Å². The zero-order valence-corrected chi connectivity index (χ0v) is 21.2. The summed E-state index contributed by atoms with van der Waals surface area (Å²) in [6.45, 7) is 1.69. The second-order valence-electron chi connectivity index (χ2n) is 8.49. The Kier molecular flexibility index (Phi) is 5.72. The monoisotopic (exact) mass is 521 g/mol. The summed E-state index contributed by atoms with van der Waals surface area (Å²) < 4.78 is 3.50. The van der Waals surface area contributed by atoms with Crippen LogP contribution in [0.5, 0.6) is 0 Å². The Morgan fingerprint density at radius 2 is 1.97 bits per heavy atom. The van der Waals surface area contributed by atoms with E-state index in [4.69, 9.17) is 11.6 Å². The maximum Gasteiger partial charge on any atom is 0.268 e. The minimum absolute atomic E-state index is 0.0128. The Morgan fingerprint density at radius 1 is 1.14 bits per heavy atom. The van der Waals surface area contributed by atoms with E-state index >= 15 is 0 Å². The van der Waals surface area contributed by atoms with Gasteiger partial charge >= 0.3 is 0 Å². The highest BCUT2D eigenvalue weighted by Gasteiger charge is 2.27. The average molecular weight is 522 g/mol. The fourth-order valence-electron chi connectivity index (χ4n) is 4.46. The summed E-state index contributed by atoms with van der Waals surface area (Å²) in [4.78, 5) is 30.9. The third kappa shape index (κ3) is 3.88. The molecule has 35 heavy (non-hydrogen) atoms. The van der Waals surface area contributed by atoms with Crippen LogP contribution in [0.2, 0.25) is 5.02 Å². The molecule has 0 N–H and O–H groups in total. The number of nitrogens with zero attached hydrogens (tertiary/aromatic N) is 5. The summed E-state index contributed by atoms with van der Waals surface area (Å²) in [6, 6.07) is 16.4. The molecular formula is C25H20ClN5O2S2. The van der Waals surface area contributed by atoms with Gasteiger partial charge in [-0.1, -0.05) is 59.8 Å². The molecule has 176 valence electrons. The molecule has 2 aromatic carbocycles. The third-order valence-electron chi connectivity index (χ3n) is 6.16. The molecule has 0 radical (unpaired) electrons. The van der Waals surface area contributed by atoms with Crippen LogP contribution in [0.1, 0.15) is 20.8 Å². The summed E-state index contributed by atoms with van der Waals surface area (Å²) in [5, 5.41) is 10.6. The van der Waals surface area contributed by atoms with Gasteiger partial charge in [0, 0.05) is 28.6 Å². The predicted octanol–water partition coefficient (Wildman–Crippen LogP) is 4.71. The predicted molar refractivity (Wildman–Crippen MR) is 141 cm³/mol.